The standard InChI is InChI=1S/C10H20N2OS/c1-8(14-2)5-6-11-7-10(13)12-9-3-4-9/h8-9,11H,3-7H2,1-2H3,(H,12,13). The van der Waals surface area contributed by atoms with Crippen molar-refractivity contribution in [2.75, 3.05) is 19.3 Å². The molecule has 1 fully saturated rings. The highest BCUT2D eigenvalue weighted by atomic mass is 32.2. The van der Waals surface area contributed by atoms with Gasteiger partial charge in [-0.3, -0.25) is 4.79 Å². The fourth-order valence-corrected chi connectivity index (χ4v) is 1.49. The first kappa shape index (κ1) is 11.9. The molecule has 1 rings (SSSR count). The molecule has 0 aromatic carbocycles. The van der Waals surface area contributed by atoms with Gasteiger partial charge in [0, 0.05) is 11.3 Å². The van der Waals surface area contributed by atoms with E-state index in [1.165, 1.54) is 0 Å². The molecule has 1 unspecified atom stereocenters. The van der Waals surface area contributed by atoms with Crippen LogP contribution in [0.1, 0.15) is 26.2 Å². The maximum absolute atomic E-state index is 11.2. The average Bonchev–Trinajstić information content (AvgIpc) is 2.95. The first-order valence-corrected chi connectivity index (χ1v) is 6.54. The summed E-state index contributed by atoms with van der Waals surface area (Å²) in [5.41, 5.74) is 0. The first-order valence-electron chi connectivity index (χ1n) is 5.25. The van der Waals surface area contributed by atoms with Crippen LogP contribution in [-0.2, 0) is 4.79 Å². The van der Waals surface area contributed by atoms with Gasteiger partial charge in [-0.25, -0.2) is 0 Å². The number of amides is 1. The molecule has 14 heavy (non-hydrogen) atoms. The second-order valence-electron chi connectivity index (χ2n) is 3.85. The molecule has 2 N–H and O–H groups in total. The van der Waals surface area contributed by atoms with E-state index in [4.69, 9.17) is 0 Å². The van der Waals surface area contributed by atoms with Crippen LogP contribution < -0.4 is 10.6 Å². The third-order valence-corrected chi connectivity index (χ3v) is 3.40. The minimum absolute atomic E-state index is 0.143. The molecule has 0 aromatic heterocycles. The van der Waals surface area contributed by atoms with Gasteiger partial charge in [-0.2, -0.15) is 11.8 Å². The zero-order valence-electron chi connectivity index (χ0n) is 9.01. The third kappa shape index (κ3) is 5.50. The number of hydrogen-bond donors (Lipinski definition) is 2. The Hall–Kier alpha value is -0.220. The van der Waals surface area contributed by atoms with Gasteiger partial charge in [0.25, 0.3) is 0 Å². The van der Waals surface area contributed by atoms with Crippen LogP contribution in [0.3, 0.4) is 0 Å². The normalized spacial score (nSPS) is 17.9. The molecule has 0 heterocycles. The van der Waals surface area contributed by atoms with Gasteiger partial charge in [0.05, 0.1) is 6.54 Å². The summed E-state index contributed by atoms with van der Waals surface area (Å²) in [7, 11) is 0. The predicted molar refractivity (Wildman–Crippen MR) is 61.6 cm³/mol. The fourth-order valence-electron chi connectivity index (χ4n) is 1.13. The predicted octanol–water partition coefficient (Wildman–Crippen LogP) is 0.996. The van der Waals surface area contributed by atoms with Crippen LogP contribution in [0.15, 0.2) is 0 Å². The largest absolute Gasteiger partial charge is 0.352 e. The third-order valence-electron chi connectivity index (χ3n) is 2.36. The minimum atomic E-state index is 0.143. The van der Waals surface area contributed by atoms with Gasteiger partial charge in [0.1, 0.15) is 0 Å². The maximum atomic E-state index is 11.2. The Morgan fingerprint density at radius 3 is 2.86 bits per heavy atom. The topological polar surface area (TPSA) is 41.1 Å². The van der Waals surface area contributed by atoms with Crippen molar-refractivity contribution >= 4 is 17.7 Å². The van der Waals surface area contributed by atoms with Gasteiger partial charge in [-0.1, -0.05) is 6.92 Å². The van der Waals surface area contributed by atoms with E-state index in [0.717, 1.165) is 25.8 Å². The van der Waals surface area contributed by atoms with Crippen molar-refractivity contribution in [2.45, 2.75) is 37.5 Å². The van der Waals surface area contributed by atoms with Crippen molar-refractivity contribution in [3.8, 4) is 0 Å². The Balaban J connectivity index is 1.89. The minimum Gasteiger partial charge on any atom is -0.352 e. The smallest absolute Gasteiger partial charge is 0.234 e. The molecular formula is C10H20N2OS. The van der Waals surface area contributed by atoms with Gasteiger partial charge in [-0.15, -0.1) is 0 Å². The molecule has 0 aromatic rings. The number of thioether (sulfide) groups is 1. The van der Waals surface area contributed by atoms with E-state index in [1.807, 2.05) is 11.8 Å². The van der Waals surface area contributed by atoms with Crippen LogP contribution >= 0.6 is 11.8 Å². The Morgan fingerprint density at radius 2 is 2.29 bits per heavy atom. The van der Waals surface area contributed by atoms with Crippen LogP contribution in [0.4, 0.5) is 0 Å². The lowest BCUT2D eigenvalue weighted by molar-refractivity contribution is -0.120. The number of carbonyl (C=O) groups excluding carboxylic acids is 1. The molecule has 1 amide bonds. The van der Waals surface area contributed by atoms with Crippen molar-refractivity contribution in [1.82, 2.24) is 10.6 Å². The number of carbonyl (C=O) groups is 1. The zero-order valence-corrected chi connectivity index (χ0v) is 9.82. The van der Waals surface area contributed by atoms with E-state index in [2.05, 4.69) is 23.8 Å². The summed E-state index contributed by atoms with van der Waals surface area (Å²) in [6.07, 6.45) is 5.56. The van der Waals surface area contributed by atoms with E-state index < -0.39 is 0 Å². The summed E-state index contributed by atoms with van der Waals surface area (Å²) in [5.74, 6) is 0.143. The molecule has 0 aliphatic heterocycles. The molecule has 0 radical (unpaired) electrons. The van der Waals surface area contributed by atoms with Crippen LogP contribution in [0.5, 0.6) is 0 Å². The van der Waals surface area contributed by atoms with Crippen molar-refractivity contribution < 1.29 is 4.79 Å². The highest BCUT2D eigenvalue weighted by Crippen LogP contribution is 2.18. The number of rotatable bonds is 7. The van der Waals surface area contributed by atoms with E-state index in [9.17, 15) is 4.79 Å². The van der Waals surface area contributed by atoms with E-state index in [1.54, 1.807) is 0 Å². The molecule has 0 bridgehead atoms. The molecule has 0 saturated heterocycles. The molecule has 1 aliphatic rings. The summed E-state index contributed by atoms with van der Waals surface area (Å²) >= 11 is 1.86. The number of hydrogen-bond acceptors (Lipinski definition) is 3. The molecule has 3 nitrogen and oxygen atoms in total. The Labute approximate surface area is 90.4 Å². The van der Waals surface area contributed by atoms with Gasteiger partial charge < -0.3 is 10.6 Å². The highest BCUT2D eigenvalue weighted by molar-refractivity contribution is 7.99. The summed E-state index contributed by atoms with van der Waals surface area (Å²) in [4.78, 5) is 11.2. The van der Waals surface area contributed by atoms with Crippen LogP contribution in [0.2, 0.25) is 0 Å². The van der Waals surface area contributed by atoms with Gasteiger partial charge in [0.15, 0.2) is 0 Å². The Morgan fingerprint density at radius 1 is 1.57 bits per heavy atom. The lowest BCUT2D eigenvalue weighted by atomic mass is 10.3. The molecule has 1 saturated carbocycles. The van der Waals surface area contributed by atoms with Gasteiger partial charge in [0.2, 0.25) is 5.91 Å². The van der Waals surface area contributed by atoms with Crippen molar-refractivity contribution in [2.24, 2.45) is 0 Å². The lowest BCUT2D eigenvalue weighted by Gasteiger charge is -2.08. The van der Waals surface area contributed by atoms with Crippen molar-refractivity contribution in [3.05, 3.63) is 0 Å². The van der Waals surface area contributed by atoms with Crippen molar-refractivity contribution in [3.63, 3.8) is 0 Å². The summed E-state index contributed by atoms with van der Waals surface area (Å²) in [6.45, 7) is 3.61. The Kier molecular flexibility index (Phi) is 5.33. The highest BCUT2D eigenvalue weighted by Gasteiger charge is 2.22. The molecule has 1 aliphatic carbocycles. The number of nitrogens with one attached hydrogen (secondary N) is 2. The zero-order chi connectivity index (χ0) is 10.4. The lowest BCUT2D eigenvalue weighted by Crippen LogP contribution is -2.35. The van der Waals surface area contributed by atoms with Crippen LogP contribution in [0.25, 0.3) is 0 Å². The van der Waals surface area contributed by atoms with Gasteiger partial charge >= 0.3 is 0 Å². The molecule has 0 spiro atoms. The average molecular weight is 216 g/mol. The molecule has 82 valence electrons. The second-order valence-corrected chi connectivity index (χ2v) is 5.13. The van der Waals surface area contributed by atoms with Crippen molar-refractivity contribution in [1.29, 1.82) is 0 Å². The first-order chi connectivity index (χ1) is 6.72. The van der Waals surface area contributed by atoms with Crippen LogP contribution in [-0.4, -0.2) is 36.5 Å². The fraction of sp³-hybridized carbons (Fsp3) is 0.900. The monoisotopic (exact) mass is 216 g/mol. The van der Waals surface area contributed by atoms with Crippen LogP contribution in [0, 0.1) is 0 Å². The summed E-state index contributed by atoms with van der Waals surface area (Å²) in [6, 6.07) is 0.481. The maximum Gasteiger partial charge on any atom is 0.234 e. The quantitative estimate of drug-likeness (QED) is 0.624. The summed E-state index contributed by atoms with van der Waals surface area (Å²) in [5, 5.41) is 6.78. The second kappa shape index (κ2) is 6.30. The Bertz CT molecular complexity index is 183. The van der Waals surface area contributed by atoms with E-state index in [-0.39, 0.29) is 5.91 Å². The molecule has 4 heteroatoms. The SMILES string of the molecule is CSC(C)CCNCC(=O)NC1CC1. The van der Waals surface area contributed by atoms with E-state index in [0.29, 0.717) is 17.8 Å². The summed E-state index contributed by atoms with van der Waals surface area (Å²) < 4.78 is 0. The van der Waals surface area contributed by atoms with E-state index >= 15 is 0 Å². The van der Waals surface area contributed by atoms with Gasteiger partial charge in [-0.05, 0) is 32.1 Å². The molecular weight excluding hydrogens is 196 g/mol. The molecule has 1 atom stereocenters.